The van der Waals surface area contributed by atoms with Crippen LogP contribution in [-0.2, 0) is 14.8 Å². The summed E-state index contributed by atoms with van der Waals surface area (Å²) in [5.74, 6) is 0.195. The van der Waals surface area contributed by atoms with Crippen molar-refractivity contribution < 1.29 is 13.2 Å². The summed E-state index contributed by atoms with van der Waals surface area (Å²) in [5.41, 5.74) is 6.53. The van der Waals surface area contributed by atoms with E-state index in [9.17, 15) is 13.2 Å². The molecule has 9 heteroatoms. The number of carbonyl (C=O) groups is 1. The van der Waals surface area contributed by atoms with Gasteiger partial charge in [-0.25, -0.2) is 8.42 Å². The highest BCUT2D eigenvalue weighted by Gasteiger charge is 2.33. The number of amidine groups is 1. The zero-order valence-corrected chi connectivity index (χ0v) is 17.1. The lowest BCUT2D eigenvalue weighted by Crippen LogP contribution is -2.49. The van der Waals surface area contributed by atoms with Gasteiger partial charge in [-0.1, -0.05) is 31.9 Å². The van der Waals surface area contributed by atoms with Crippen LogP contribution < -0.4 is 10.5 Å². The number of carbonyl (C=O) groups excluding carboxylic acids is 1. The van der Waals surface area contributed by atoms with E-state index in [2.05, 4.69) is 16.6 Å². The van der Waals surface area contributed by atoms with Gasteiger partial charge in [0.1, 0.15) is 11.9 Å². The molecule has 0 saturated carbocycles. The molecule has 2 aliphatic heterocycles. The Bertz CT molecular complexity index is 813. The van der Waals surface area contributed by atoms with E-state index in [1.54, 1.807) is 29.2 Å². The maximum absolute atomic E-state index is 13.0. The zero-order valence-electron chi connectivity index (χ0n) is 15.4. The molecule has 0 aliphatic carbocycles. The summed E-state index contributed by atoms with van der Waals surface area (Å²) in [6, 6.07) is 6.11. The fourth-order valence-corrected chi connectivity index (χ4v) is 4.69. The SMILES string of the molecule is CCCCC(N=C1NS(=O)(=O)c2ccccc21)C(=O)N1CCCC(N)C1.Cl. The third-order valence-corrected chi connectivity index (χ3v) is 6.23. The van der Waals surface area contributed by atoms with E-state index in [4.69, 9.17) is 5.73 Å². The summed E-state index contributed by atoms with van der Waals surface area (Å²) in [6.07, 6.45) is 4.19. The minimum absolute atomic E-state index is 0. The van der Waals surface area contributed by atoms with E-state index in [1.807, 2.05) is 0 Å². The maximum atomic E-state index is 13.0. The molecule has 2 heterocycles. The van der Waals surface area contributed by atoms with E-state index in [-0.39, 0.29) is 35.1 Å². The van der Waals surface area contributed by atoms with Gasteiger partial charge >= 0.3 is 0 Å². The van der Waals surface area contributed by atoms with Crippen LogP contribution >= 0.6 is 12.4 Å². The van der Waals surface area contributed by atoms with E-state index in [1.165, 1.54) is 0 Å². The van der Waals surface area contributed by atoms with Gasteiger partial charge in [-0.05, 0) is 31.4 Å². The molecule has 7 nitrogen and oxygen atoms in total. The molecular weight excluding hydrogens is 388 g/mol. The molecule has 3 N–H and O–H groups in total. The monoisotopic (exact) mass is 414 g/mol. The van der Waals surface area contributed by atoms with E-state index in [0.29, 0.717) is 25.1 Å². The number of aliphatic imine (C=N–C) groups is 1. The Morgan fingerprint density at radius 1 is 1.41 bits per heavy atom. The Morgan fingerprint density at radius 2 is 2.15 bits per heavy atom. The van der Waals surface area contributed by atoms with Crippen LogP contribution in [0.2, 0.25) is 0 Å². The number of amides is 1. The normalized spacial score (nSPS) is 23.3. The number of halogens is 1. The lowest BCUT2D eigenvalue weighted by atomic mass is 10.0. The van der Waals surface area contributed by atoms with Crippen molar-refractivity contribution in [2.24, 2.45) is 10.7 Å². The summed E-state index contributed by atoms with van der Waals surface area (Å²) in [5, 5.41) is 0. The van der Waals surface area contributed by atoms with Crippen molar-refractivity contribution in [1.82, 2.24) is 9.62 Å². The number of nitrogens with one attached hydrogen (secondary N) is 1. The highest BCUT2D eigenvalue weighted by molar-refractivity contribution is 7.90. The smallest absolute Gasteiger partial charge is 0.263 e. The molecule has 1 aromatic rings. The van der Waals surface area contributed by atoms with Crippen molar-refractivity contribution in [2.75, 3.05) is 13.1 Å². The Labute approximate surface area is 166 Å². The molecular formula is C18H27ClN4O3S. The van der Waals surface area contributed by atoms with Crippen LogP contribution in [0.25, 0.3) is 0 Å². The number of nitrogens with two attached hydrogens (primary N) is 1. The van der Waals surface area contributed by atoms with Gasteiger partial charge in [0.25, 0.3) is 10.0 Å². The highest BCUT2D eigenvalue weighted by Crippen LogP contribution is 2.24. The summed E-state index contributed by atoms with van der Waals surface area (Å²) >= 11 is 0. The molecule has 1 fully saturated rings. The van der Waals surface area contributed by atoms with Gasteiger partial charge < -0.3 is 10.6 Å². The maximum Gasteiger partial charge on any atom is 0.263 e. The average Bonchev–Trinajstić information content (AvgIpc) is 2.89. The predicted molar refractivity (Wildman–Crippen MR) is 108 cm³/mol. The number of unbranched alkanes of at least 4 members (excludes halogenated alkanes) is 1. The molecule has 0 aromatic heterocycles. The second-order valence-corrected chi connectivity index (χ2v) is 8.57. The first-order valence-corrected chi connectivity index (χ1v) is 10.6. The van der Waals surface area contributed by atoms with Crippen LogP contribution in [0.4, 0.5) is 0 Å². The number of benzene rings is 1. The quantitative estimate of drug-likeness (QED) is 0.764. The number of nitrogens with zero attached hydrogens (tertiary/aromatic N) is 2. The predicted octanol–water partition coefficient (Wildman–Crippen LogP) is 1.66. The number of hydrogen-bond acceptors (Lipinski definition) is 5. The minimum atomic E-state index is -3.61. The van der Waals surface area contributed by atoms with Crippen molar-refractivity contribution in [1.29, 1.82) is 0 Å². The first-order chi connectivity index (χ1) is 12.4. The molecule has 2 atom stereocenters. The molecule has 0 spiro atoms. The zero-order chi connectivity index (χ0) is 18.7. The molecule has 0 bridgehead atoms. The second-order valence-electron chi connectivity index (χ2n) is 6.92. The number of fused-ring (bicyclic) bond motifs is 1. The van der Waals surface area contributed by atoms with E-state index >= 15 is 0 Å². The first kappa shape index (κ1) is 21.7. The van der Waals surface area contributed by atoms with Crippen molar-refractivity contribution in [3.63, 3.8) is 0 Å². The molecule has 1 saturated heterocycles. The molecule has 2 unspecified atom stereocenters. The Hall–Kier alpha value is -1.64. The largest absolute Gasteiger partial charge is 0.339 e. The van der Waals surface area contributed by atoms with Gasteiger partial charge in [-0.15, -0.1) is 12.4 Å². The third kappa shape index (κ3) is 4.80. The lowest BCUT2D eigenvalue weighted by Gasteiger charge is -2.32. The summed E-state index contributed by atoms with van der Waals surface area (Å²) in [6.45, 7) is 3.27. The number of hydrogen-bond donors (Lipinski definition) is 2. The van der Waals surface area contributed by atoms with Crippen molar-refractivity contribution in [3.05, 3.63) is 29.8 Å². The van der Waals surface area contributed by atoms with Crippen molar-refractivity contribution >= 4 is 34.2 Å². The van der Waals surface area contributed by atoms with Gasteiger partial charge in [0.2, 0.25) is 5.91 Å². The molecule has 3 rings (SSSR count). The van der Waals surface area contributed by atoms with Crippen molar-refractivity contribution in [3.8, 4) is 0 Å². The molecule has 150 valence electrons. The van der Waals surface area contributed by atoms with Crippen LogP contribution in [0.1, 0.15) is 44.6 Å². The fraction of sp³-hybridized carbons (Fsp3) is 0.556. The van der Waals surface area contributed by atoms with Crippen LogP contribution in [0.3, 0.4) is 0 Å². The van der Waals surface area contributed by atoms with Gasteiger partial charge in [0.05, 0.1) is 4.90 Å². The summed E-state index contributed by atoms with van der Waals surface area (Å²) in [4.78, 5) is 19.5. The standard InChI is InChI=1S/C18H26N4O3S.ClH/c1-2-3-9-15(18(23)22-11-6-7-13(19)12-22)20-17-14-8-4-5-10-16(14)26(24,25)21-17;/h4-5,8,10,13,15H,2-3,6-7,9,11-12,19H2,1H3,(H,20,21);1H. The summed E-state index contributed by atoms with van der Waals surface area (Å²) in [7, 11) is -3.61. The van der Waals surface area contributed by atoms with E-state index in [0.717, 1.165) is 25.7 Å². The number of rotatable bonds is 5. The number of piperidine rings is 1. The third-order valence-electron chi connectivity index (χ3n) is 4.83. The second kappa shape index (κ2) is 9.03. The fourth-order valence-electron chi connectivity index (χ4n) is 3.45. The molecule has 0 radical (unpaired) electrons. The highest BCUT2D eigenvalue weighted by atomic mass is 35.5. The van der Waals surface area contributed by atoms with Gasteiger partial charge in [0, 0.05) is 24.7 Å². The van der Waals surface area contributed by atoms with Gasteiger partial charge in [-0.2, -0.15) is 0 Å². The van der Waals surface area contributed by atoms with Crippen LogP contribution in [0, 0.1) is 0 Å². The first-order valence-electron chi connectivity index (χ1n) is 9.16. The van der Waals surface area contributed by atoms with Gasteiger partial charge in [0.15, 0.2) is 0 Å². The number of sulfonamides is 1. The lowest BCUT2D eigenvalue weighted by molar-refractivity contribution is -0.133. The topological polar surface area (TPSA) is 105 Å². The summed E-state index contributed by atoms with van der Waals surface area (Å²) < 4.78 is 27.0. The van der Waals surface area contributed by atoms with Crippen molar-refractivity contribution in [2.45, 2.75) is 56.0 Å². The molecule has 1 amide bonds. The van der Waals surface area contributed by atoms with Crippen LogP contribution in [0.5, 0.6) is 0 Å². The average molecular weight is 415 g/mol. The Morgan fingerprint density at radius 3 is 2.85 bits per heavy atom. The molecule has 27 heavy (non-hydrogen) atoms. The van der Waals surface area contributed by atoms with E-state index < -0.39 is 16.1 Å². The Balaban J connectivity index is 0.00000261. The Kier molecular flexibility index (Phi) is 7.25. The minimum Gasteiger partial charge on any atom is -0.339 e. The molecule has 1 aromatic carbocycles. The van der Waals surface area contributed by atoms with Crippen LogP contribution in [-0.4, -0.2) is 50.2 Å². The van der Waals surface area contributed by atoms with Gasteiger partial charge in [-0.3, -0.25) is 14.5 Å². The molecule has 2 aliphatic rings. The van der Waals surface area contributed by atoms with Crippen LogP contribution in [0.15, 0.2) is 34.2 Å². The number of likely N-dealkylation sites (tertiary alicyclic amines) is 1.